The highest BCUT2D eigenvalue weighted by molar-refractivity contribution is 5.35. The maximum atomic E-state index is 6.03. The average Bonchev–Trinajstić information content (AvgIpc) is 2.34. The molecule has 0 bridgehead atoms. The van der Waals surface area contributed by atoms with Gasteiger partial charge in [-0.3, -0.25) is 0 Å². The van der Waals surface area contributed by atoms with Gasteiger partial charge in [-0.05, 0) is 42.9 Å². The van der Waals surface area contributed by atoms with Crippen molar-refractivity contribution >= 4 is 0 Å². The molecule has 0 spiro atoms. The lowest BCUT2D eigenvalue weighted by Gasteiger charge is -2.24. The van der Waals surface area contributed by atoms with Crippen LogP contribution in [0.2, 0.25) is 0 Å². The molecule has 0 aliphatic carbocycles. The Kier molecular flexibility index (Phi) is 8.27. The molecule has 0 heterocycles. The predicted molar refractivity (Wildman–Crippen MR) is 81.8 cm³/mol. The molecule has 0 rings (SSSR count). The van der Waals surface area contributed by atoms with Crippen LogP contribution in [0.15, 0.2) is 35.7 Å². The minimum Gasteiger partial charge on any atom is -0.405 e. The van der Waals surface area contributed by atoms with Crippen LogP contribution >= 0.6 is 0 Å². The molecule has 4 N–H and O–H groups in total. The van der Waals surface area contributed by atoms with E-state index in [1.54, 1.807) is 6.20 Å². The lowest BCUT2D eigenvalue weighted by Crippen LogP contribution is -2.15. The second-order valence-electron chi connectivity index (χ2n) is 4.92. The van der Waals surface area contributed by atoms with E-state index in [4.69, 9.17) is 11.5 Å². The summed E-state index contributed by atoms with van der Waals surface area (Å²) in [6.07, 6.45) is 8.06. The molecule has 0 aliphatic rings. The molecular weight excluding hydrogens is 220 g/mol. The highest BCUT2D eigenvalue weighted by Gasteiger charge is 2.18. The first-order chi connectivity index (χ1) is 8.53. The molecule has 2 atom stereocenters. The highest BCUT2D eigenvalue weighted by Crippen LogP contribution is 2.32. The van der Waals surface area contributed by atoms with Crippen LogP contribution in [0.1, 0.15) is 53.4 Å². The van der Waals surface area contributed by atoms with E-state index in [1.165, 1.54) is 11.1 Å². The molecule has 0 aromatic carbocycles. The van der Waals surface area contributed by atoms with E-state index in [-0.39, 0.29) is 0 Å². The third kappa shape index (κ3) is 4.59. The number of hydrogen-bond donors (Lipinski definition) is 2. The van der Waals surface area contributed by atoms with Gasteiger partial charge in [-0.1, -0.05) is 52.3 Å². The van der Waals surface area contributed by atoms with Gasteiger partial charge in [0.1, 0.15) is 0 Å². The van der Waals surface area contributed by atoms with Crippen LogP contribution in [0.5, 0.6) is 0 Å². The first-order valence-electron chi connectivity index (χ1n) is 7.09. The zero-order chi connectivity index (χ0) is 14.1. The summed E-state index contributed by atoms with van der Waals surface area (Å²) in [6.45, 7) is 12.8. The zero-order valence-electron chi connectivity index (χ0n) is 12.5. The van der Waals surface area contributed by atoms with Crippen LogP contribution in [0.25, 0.3) is 0 Å². The maximum Gasteiger partial charge on any atom is 0.0276 e. The third-order valence-corrected chi connectivity index (χ3v) is 3.55. The van der Waals surface area contributed by atoms with E-state index >= 15 is 0 Å². The van der Waals surface area contributed by atoms with Crippen molar-refractivity contribution < 1.29 is 0 Å². The van der Waals surface area contributed by atoms with Gasteiger partial charge in [0.15, 0.2) is 0 Å². The first-order valence-corrected chi connectivity index (χ1v) is 7.09. The van der Waals surface area contributed by atoms with Gasteiger partial charge in [0.25, 0.3) is 0 Å². The van der Waals surface area contributed by atoms with Crippen molar-refractivity contribution in [3.63, 3.8) is 0 Å². The largest absolute Gasteiger partial charge is 0.405 e. The Morgan fingerprint density at radius 2 is 1.83 bits per heavy atom. The molecule has 104 valence electrons. The molecule has 0 fully saturated rings. The van der Waals surface area contributed by atoms with Crippen LogP contribution in [0, 0.1) is 11.8 Å². The molecule has 0 aromatic rings. The lowest BCUT2D eigenvalue weighted by atomic mass is 9.82. The summed E-state index contributed by atoms with van der Waals surface area (Å²) in [5.74, 6) is 0.850. The van der Waals surface area contributed by atoms with Crippen LogP contribution in [0.4, 0.5) is 0 Å². The molecule has 2 nitrogen and oxygen atoms in total. The van der Waals surface area contributed by atoms with Gasteiger partial charge >= 0.3 is 0 Å². The molecule has 0 radical (unpaired) electrons. The van der Waals surface area contributed by atoms with Crippen LogP contribution in [-0.4, -0.2) is 0 Å². The van der Waals surface area contributed by atoms with Gasteiger partial charge in [-0.25, -0.2) is 0 Å². The SMILES string of the molecule is C=C(N)/C(=C(/CCC)C(/C=C\N)CC)C(C)CC. The fourth-order valence-corrected chi connectivity index (χ4v) is 2.47. The summed E-state index contributed by atoms with van der Waals surface area (Å²) in [4.78, 5) is 0. The number of nitrogens with two attached hydrogens (primary N) is 2. The first kappa shape index (κ1) is 16.8. The summed E-state index contributed by atoms with van der Waals surface area (Å²) in [5.41, 5.74) is 15.0. The summed E-state index contributed by atoms with van der Waals surface area (Å²) in [7, 11) is 0. The molecular formula is C16H30N2. The van der Waals surface area contributed by atoms with Gasteiger partial charge in [0, 0.05) is 5.70 Å². The van der Waals surface area contributed by atoms with Gasteiger partial charge in [0.2, 0.25) is 0 Å². The summed E-state index contributed by atoms with van der Waals surface area (Å²) in [6, 6.07) is 0. The molecule has 0 amide bonds. The number of allylic oxidation sites excluding steroid dienone is 3. The molecule has 0 aromatic heterocycles. The zero-order valence-corrected chi connectivity index (χ0v) is 12.5. The molecule has 0 saturated carbocycles. The Bertz CT molecular complexity index is 313. The van der Waals surface area contributed by atoms with E-state index in [0.29, 0.717) is 11.8 Å². The van der Waals surface area contributed by atoms with Crippen molar-refractivity contribution in [2.24, 2.45) is 23.3 Å². The monoisotopic (exact) mass is 250 g/mol. The van der Waals surface area contributed by atoms with Crippen LogP contribution in [0.3, 0.4) is 0 Å². The van der Waals surface area contributed by atoms with Crippen molar-refractivity contribution in [3.05, 3.63) is 35.7 Å². The number of hydrogen-bond acceptors (Lipinski definition) is 2. The van der Waals surface area contributed by atoms with Gasteiger partial charge in [0.05, 0.1) is 0 Å². The lowest BCUT2D eigenvalue weighted by molar-refractivity contribution is 0.602. The van der Waals surface area contributed by atoms with Gasteiger partial charge in [-0.2, -0.15) is 0 Å². The van der Waals surface area contributed by atoms with Crippen molar-refractivity contribution in [1.29, 1.82) is 0 Å². The smallest absolute Gasteiger partial charge is 0.0276 e. The number of rotatable bonds is 8. The summed E-state index contributed by atoms with van der Waals surface area (Å²) < 4.78 is 0. The maximum absolute atomic E-state index is 6.03. The van der Waals surface area contributed by atoms with E-state index in [9.17, 15) is 0 Å². The second kappa shape index (κ2) is 8.84. The van der Waals surface area contributed by atoms with Crippen molar-refractivity contribution in [1.82, 2.24) is 0 Å². The fourth-order valence-electron chi connectivity index (χ4n) is 2.47. The minimum atomic E-state index is 0.388. The molecule has 0 aliphatic heterocycles. The molecule has 18 heavy (non-hydrogen) atoms. The highest BCUT2D eigenvalue weighted by atomic mass is 14.6. The topological polar surface area (TPSA) is 52.0 Å². The average molecular weight is 250 g/mol. The Labute approximate surface area is 113 Å². The van der Waals surface area contributed by atoms with Crippen LogP contribution < -0.4 is 11.5 Å². The van der Waals surface area contributed by atoms with E-state index in [0.717, 1.165) is 31.4 Å². The molecule has 2 unspecified atom stereocenters. The summed E-state index contributed by atoms with van der Waals surface area (Å²) >= 11 is 0. The van der Waals surface area contributed by atoms with Crippen molar-refractivity contribution in [2.75, 3.05) is 0 Å². The molecule has 0 saturated heterocycles. The second-order valence-corrected chi connectivity index (χ2v) is 4.92. The van der Waals surface area contributed by atoms with Gasteiger partial charge in [-0.15, -0.1) is 0 Å². The van der Waals surface area contributed by atoms with Crippen molar-refractivity contribution in [3.8, 4) is 0 Å². The summed E-state index contributed by atoms with van der Waals surface area (Å²) in [5, 5.41) is 0. The minimum absolute atomic E-state index is 0.388. The fraction of sp³-hybridized carbons (Fsp3) is 0.625. The Balaban J connectivity index is 5.64. The quantitative estimate of drug-likeness (QED) is 0.637. The van der Waals surface area contributed by atoms with E-state index in [1.807, 2.05) is 0 Å². The third-order valence-electron chi connectivity index (χ3n) is 3.55. The Hall–Kier alpha value is -1.18. The predicted octanol–water partition coefficient (Wildman–Crippen LogP) is 4.10. The van der Waals surface area contributed by atoms with Crippen molar-refractivity contribution in [2.45, 2.75) is 53.4 Å². The Morgan fingerprint density at radius 1 is 1.22 bits per heavy atom. The normalized spacial score (nSPS) is 16.4. The molecule has 2 heteroatoms. The van der Waals surface area contributed by atoms with E-state index < -0.39 is 0 Å². The van der Waals surface area contributed by atoms with Crippen LogP contribution in [-0.2, 0) is 0 Å². The standard InChI is InChI=1S/C16H30N2/c1-6-9-15(14(8-3)10-11-17)16(13(5)18)12(4)7-2/h10-12,14H,5-9,17-18H2,1-4H3/b11-10-,16-15-. The Morgan fingerprint density at radius 3 is 2.17 bits per heavy atom. The van der Waals surface area contributed by atoms with E-state index in [2.05, 4.69) is 40.3 Å². The van der Waals surface area contributed by atoms with Gasteiger partial charge < -0.3 is 11.5 Å².